The van der Waals surface area contributed by atoms with Gasteiger partial charge in [-0.15, -0.1) is 0 Å². The van der Waals surface area contributed by atoms with Gasteiger partial charge in [-0.05, 0) is 25.8 Å². The van der Waals surface area contributed by atoms with Gasteiger partial charge in [-0.1, -0.05) is 18.3 Å². The number of allylic oxidation sites excluding steroid dienone is 2. The molecule has 25 heavy (non-hydrogen) atoms. The minimum atomic E-state index is -5.05. The highest BCUT2D eigenvalue weighted by molar-refractivity contribution is 7.79. The van der Waals surface area contributed by atoms with Crippen molar-refractivity contribution in [2.24, 2.45) is 16.8 Å². The Morgan fingerprint density at radius 2 is 2.20 bits per heavy atom. The first-order chi connectivity index (χ1) is 11.8. The van der Waals surface area contributed by atoms with Crippen LogP contribution in [0.4, 0.5) is 22.0 Å². The largest absolute Gasteiger partial charge is 0.414 e. The summed E-state index contributed by atoms with van der Waals surface area (Å²) in [6.07, 6.45) is -4.97. The Hall–Kier alpha value is -1.42. The van der Waals surface area contributed by atoms with Gasteiger partial charge in [0.1, 0.15) is 24.0 Å². The van der Waals surface area contributed by atoms with Crippen LogP contribution < -0.4 is 5.32 Å². The Morgan fingerprint density at radius 1 is 1.48 bits per heavy atom. The highest BCUT2D eigenvalue weighted by Gasteiger charge is 2.53. The van der Waals surface area contributed by atoms with Crippen LogP contribution in [0.3, 0.4) is 0 Å². The summed E-state index contributed by atoms with van der Waals surface area (Å²) in [5, 5.41) is 3.89. The summed E-state index contributed by atoms with van der Waals surface area (Å²) in [5.74, 6) is -6.24. The van der Waals surface area contributed by atoms with Crippen LogP contribution in [0, 0.1) is 11.8 Å². The predicted octanol–water partition coefficient (Wildman–Crippen LogP) is 3.07. The average Bonchev–Trinajstić information content (AvgIpc) is 3.05. The molecule has 0 radical (unpaired) electrons. The van der Waals surface area contributed by atoms with Gasteiger partial charge in [-0.2, -0.15) is 13.2 Å². The number of nitrogens with zero attached hydrogens (tertiary/aromatic N) is 1. The first-order valence-corrected chi connectivity index (χ1v) is 8.20. The van der Waals surface area contributed by atoms with Gasteiger partial charge >= 0.3 is 12.1 Å². The number of carbonyl (C=O) groups is 1. The summed E-state index contributed by atoms with van der Waals surface area (Å²) in [5.41, 5.74) is 0. The van der Waals surface area contributed by atoms with Gasteiger partial charge in [0.25, 0.3) is 0 Å². The van der Waals surface area contributed by atoms with E-state index in [1.807, 2.05) is 0 Å². The number of rotatable bonds is 5. The normalized spacial score (nSPS) is 31.6. The molecule has 1 aliphatic carbocycles. The van der Waals surface area contributed by atoms with Crippen molar-refractivity contribution in [2.75, 3.05) is 6.54 Å². The average molecular weight is 384 g/mol. The third-order valence-corrected chi connectivity index (χ3v) is 4.57. The molecule has 4 nitrogen and oxygen atoms in total. The summed E-state index contributed by atoms with van der Waals surface area (Å²) in [4.78, 5) is 15.4. The standard InChI is InChI=1S/C15H17F5N2O2S/c16-9-4-3-8(13(17)12(9)15(18,19)20)11(6-25)22-7-24-14(23)10-2-1-5-21-10/h4,6-8,10-13,21H,1-3,5H2. The number of nitrogens with one attached hydrogen (secondary N) is 1. The third kappa shape index (κ3) is 4.81. The molecule has 10 heteroatoms. The maximum Gasteiger partial charge on any atom is 0.400 e. The van der Waals surface area contributed by atoms with Crippen molar-refractivity contribution in [3.63, 3.8) is 0 Å². The van der Waals surface area contributed by atoms with E-state index in [2.05, 4.69) is 10.3 Å². The Bertz CT molecular complexity index is 561. The lowest BCUT2D eigenvalue weighted by Gasteiger charge is -2.33. The molecule has 0 saturated carbocycles. The SMILES string of the molecule is O=C(OC=NC(C=S)C1CC=C(F)C(C(F)(F)F)C1F)C1CCCN1. The fourth-order valence-electron chi connectivity index (χ4n) is 2.94. The molecule has 5 unspecified atom stereocenters. The van der Waals surface area contributed by atoms with E-state index in [-0.39, 0.29) is 6.42 Å². The molecule has 0 aromatic heterocycles. The zero-order valence-corrected chi connectivity index (χ0v) is 13.8. The fraction of sp³-hybridized carbons (Fsp3) is 0.667. The molecule has 0 spiro atoms. The molecule has 0 aromatic carbocycles. The predicted molar refractivity (Wildman–Crippen MR) is 84.8 cm³/mol. The highest BCUT2D eigenvalue weighted by atomic mass is 32.1. The second-order valence-corrected chi connectivity index (χ2v) is 6.19. The first-order valence-electron chi connectivity index (χ1n) is 7.73. The Morgan fingerprint density at radius 3 is 2.76 bits per heavy atom. The van der Waals surface area contributed by atoms with E-state index in [1.165, 1.54) is 0 Å². The van der Waals surface area contributed by atoms with Crippen LogP contribution in [-0.2, 0) is 9.53 Å². The van der Waals surface area contributed by atoms with E-state index in [0.29, 0.717) is 19.0 Å². The van der Waals surface area contributed by atoms with Crippen molar-refractivity contribution in [3.8, 4) is 0 Å². The Labute approximate surface area is 146 Å². The Kier molecular flexibility index (Phi) is 6.61. The molecule has 2 aliphatic rings. The number of hydrogen-bond acceptors (Lipinski definition) is 5. The number of thiocarbonyl (C=S) groups is 1. The monoisotopic (exact) mass is 384 g/mol. The van der Waals surface area contributed by atoms with Crippen LogP contribution in [0.25, 0.3) is 0 Å². The van der Waals surface area contributed by atoms with E-state index in [1.54, 1.807) is 0 Å². The lowest BCUT2D eigenvalue weighted by Crippen LogP contribution is -2.43. The van der Waals surface area contributed by atoms with Gasteiger partial charge in [0.2, 0.25) is 0 Å². The van der Waals surface area contributed by atoms with Crippen LogP contribution in [0.1, 0.15) is 19.3 Å². The molecule has 5 atom stereocenters. The van der Waals surface area contributed by atoms with Crippen molar-refractivity contribution in [1.29, 1.82) is 0 Å². The maximum atomic E-state index is 14.3. The lowest BCUT2D eigenvalue weighted by atomic mass is 9.80. The van der Waals surface area contributed by atoms with E-state index >= 15 is 0 Å². The zero-order chi connectivity index (χ0) is 18.6. The van der Waals surface area contributed by atoms with E-state index in [0.717, 1.165) is 18.2 Å². The summed E-state index contributed by atoms with van der Waals surface area (Å²) in [7, 11) is 0. The number of aliphatic imine (C=N–C) groups is 1. The first kappa shape index (κ1) is 19.9. The van der Waals surface area contributed by atoms with Crippen LogP contribution in [0.5, 0.6) is 0 Å². The molecule has 0 bridgehead atoms. The molecule has 0 amide bonds. The second kappa shape index (κ2) is 8.31. The molecule has 2 rings (SSSR count). The molecule has 1 saturated heterocycles. The van der Waals surface area contributed by atoms with Crippen molar-refractivity contribution >= 4 is 30.0 Å². The lowest BCUT2D eigenvalue weighted by molar-refractivity contribution is -0.191. The van der Waals surface area contributed by atoms with Gasteiger partial charge in [-0.25, -0.2) is 18.6 Å². The summed E-state index contributed by atoms with van der Waals surface area (Å²) in [6, 6.07) is -1.61. The number of alkyl halides is 4. The van der Waals surface area contributed by atoms with Crippen molar-refractivity contribution in [2.45, 2.75) is 43.7 Å². The van der Waals surface area contributed by atoms with Crippen molar-refractivity contribution in [3.05, 3.63) is 11.9 Å². The van der Waals surface area contributed by atoms with Crippen LogP contribution in [0.2, 0.25) is 0 Å². The van der Waals surface area contributed by atoms with Gasteiger partial charge < -0.3 is 10.1 Å². The zero-order valence-electron chi connectivity index (χ0n) is 13.0. The summed E-state index contributed by atoms with van der Waals surface area (Å²) >= 11 is 4.70. The smallest absolute Gasteiger partial charge is 0.400 e. The fourth-order valence-corrected chi connectivity index (χ4v) is 3.21. The number of carbonyl (C=O) groups excluding carboxylic acids is 1. The Balaban J connectivity index is 2.03. The number of ether oxygens (including phenoxy) is 1. The minimum absolute atomic E-state index is 0.285. The molecule has 1 heterocycles. The molecular weight excluding hydrogens is 367 g/mol. The van der Waals surface area contributed by atoms with E-state index in [4.69, 9.17) is 17.0 Å². The molecule has 1 aliphatic heterocycles. The second-order valence-electron chi connectivity index (χ2n) is 5.92. The van der Waals surface area contributed by atoms with Crippen LogP contribution >= 0.6 is 12.2 Å². The summed E-state index contributed by atoms with van der Waals surface area (Å²) < 4.78 is 71.0. The van der Waals surface area contributed by atoms with Gasteiger partial charge in [0, 0.05) is 11.3 Å². The quantitative estimate of drug-likeness (QED) is 0.260. The van der Waals surface area contributed by atoms with E-state index < -0.39 is 48.1 Å². The van der Waals surface area contributed by atoms with Crippen LogP contribution in [-0.4, -0.2) is 48.7 Å². The van der Waals surface area contributed by atoms with Crippen molar-refractivity contribution < 1.29 is 31.5 Å². The maximum absolute atomic E-state index is 14.3. The van der Waals surface area contributed by atoms with Gasteiger partial charge in [0.15, 0.2) is 6.40 Å². The number of halogens is 5. The van der Waals surface area contributed by atoms with Gasteiger partial charge in [-0.3, -0.25) is 0 Å². The highest BCUT2D eigenvalue weighted by Crippen LogP contribution is 2.44. The van der Waals surface area contributed by atoms with E-state index in [9.17, 15) is 26.7 Å². The minimum Gasteiger partial charge on any atom is -0.414 e. The van der Waals surface area contributed by atoms with Gasteiger partial charge in [0.05, 0.1) is 6.04 Å². The molecule has 140 valence electrons. The number of esters is 1. The topological polar surface area (TPSA) is 50.7 Å². The van der Waals surface area contributed by atoms with Crippen LogP contribution in [0.15, 0.2) is 16.9 Å². The van der Waals surface area contributed by atoms with Crippen molar-refractivity contribution in [1.82, 2.24) is 5.32 Å². The number of hydrogen-bond donors (Lipinski definition) is 1. The molecule has 1 N–H and O–H groups in total. The molecule has 0 aromatic rings. The third-order valence-electron chi connectivity index (χ3n) is 4.29. The summed E-state index contributed by atoms with van der Waals surface area (Å²) in [6.45, 7) is 0.682. The molecular formula is C15H17F5N2O2S. The molecule has 1 fully saturated rings.